The summed E-state index contributed by atoms with van der Waals surface area (Å²) >= 11 is 0. The van der Waals surface area contributed by atoms with Crippen molar-refractivity contribution < 1.29 is 74.3 Å². The fraction of sp³-hybridized carbons (Fsp3) is 0.170. The van der Waals surface area contributed by atoms with E-state index in [0.29, 0.717) is 11.1 Å². The molecule has 0 saturated heterocycles. The molecule has 0 heterocycles. The van der Waals surface area contributed by atoms with Crippen molar-refractivity contribution in [2.45, 2.75) is 45.0 Å². The molecule has 20 heteroatoms. The lowest BCUT2D eigenvalue weighted by atomic mass is 9.88. The number of non-ortho nitro benzene ring substituents is 1. The molecule has 0 bridgehead atoms. The Morgan fingerprint density at radius 1 is 0.534 bits per heavy atom. The molecule has 0 saturated carbocycles. The van der Waals surface area contributed by atoms with Crippen LogP contribution in [0.4, 0.5) is 37.7 Å². The number of allylic oxidation sites excluding steroid dienone is 2. The van der Waals surface area contributed by atoms with Crippen LogP contribution in [0.2, 0.25) is 0 Å². The molecule has 0 radical (unpaired) electrons. The summed E-state index contributed by atoms with van der Waals surface area (Å²) < 4.78 is 95.7. The van der Waals surface area contributed by atoms with Crippen LogP contribution < -0.4 is 18.9 Å². The van der Waals surface area contributed by atoms with E-state index >= 15 is 0 Å². The SMILES string of the molecule is Cc1c([N+](=O)[O-])ccc(-c2ccc([N+](=O)[O-])cc2C(=O)C=Cc2ccc(OC(=O)c3ccc(OCCCC(F)(F)F)cc3)cc2)c1C(=O)C=Cc1ccc(OC(=O)c2ccc(OCCCC(F)(F)F)cc2)cc1. The molecule has 0 aromatic heterocycles. The molecule has 0 aliphatic heterocycles. The predicted molar refractivity (Wildman–Crippen MR) is 254 cm³/mol. The second kappa shape index (κ2) is 23.8. The summed E-state index contributed by atoms with van der Waals surface area (Å²) in [5.74, 6) is -2.17. The van der Waals surface area contributed by atoms with Gasteiger partial charge in [0.1, 0.15) is 23.0 Å². The Morgan fingerprint density at radius 3 is 1.38 bits per heavy atom. The Kier molecular flexibility index (Phi) is 17.4. The minimum Gasteiger partial charge on any atom is -0.494 e. The third kappa shape index (κ3) is 15.5. The number of hydrogen-bond acceptors (Lipinski definition) is 12. The third-order valence-electron chi connectivity index (χ3n) is 10.6. The second-order valence-corrected chi connectivity index (χ2v) is 15.9. The van der Waals surface area contributed by atoms with Gasteiger partial charge in [-0.25, -0.2) is 9.59 Å². The Labute approximate surface area is 411 Å². The summed E-state index contributed by atoms with van der Waals surface area (Å²) in [7, 11) is 0. The first-order valence-corrected chi connectivity index (χ1v) is 21.9. The number of esters is 2. The Balaban J connectivity index is 1.14. The normalized spacial score (nSPS) is 11.6. The summed E-state index contributed by atoms with van der Waals surface area (Å²) in [6, 6.07) is 28.8. The zero-order valence-electron chi connectivity index (χ0n) is 38.2. The highest BCUT2D eigenvalue weighted by molar-refractivity contribution is 6.16. The van der Waals surface area contributed by atoms with Crippen LogP contribution in [0.15, 0.2) is 140 Å². The summed E-state index contributed by atoms with van der Waals surface area (Å²) in [5.41, 5.74) is -0.0760. The maximum absolute atomic E-state index is 14.0. The van der Waals surface area contributed by atoms with E-state index < -0.39 is 69.9 Å². The molecule has 0 amide bonds. The van der Waals surface area contributed by atoms with Crippen LogP contribution in [0.3, 0.4) is 0 Å². The van der Waals surface area contributed by atoms with E-state index in [-0.39, 0.29) is 88.0 Å². The van der Waals surface area contributed by atoms with E-state index in [2.05, 4.69) is 0 Å². The van der Waals surface area contributed by atoms with Gasteiger partial charge >= 0.3 is 24.3 Å². The van der Waals surface area contributed by atoms with E-state index in [1.807, 2.05) is 0 Å². The molecule has 0 aliphatic rings. The molecular weight excluding hydrogens is 971 g/mol. The van der Waals surface area contributed by atoms with Gasteiger partial charge in [-0.3, -0.25) is 29.8 Å². The summed E-state index contributed by atoms with van der Waals surface area (Å²) in [6.07, 6.45) is -6.00. The van der Waals surface area contributed by atoms with Gasteiger partial charge in [-0.1, -0.05) is 36.4 Å². The van der Waals surface area contributed by atoms with Gasteiger partial charge in [0.05, 0.1) is 34.2 Å². The topological polar surface area (TPSA) is 191 Å². The minimum atomic E-state index is -4.30. The minimum absolute atomic E-state index is 0.0487. The fourth-order valence-corrected chi connectivity index (χ4v) is 6.97. The first-order valence-electron chi connectivity index (χ1n) is 21.9. The average molecular weight is 1010 g/mol. The standard InChI is InChI=1S/C53H40F6N2O12/c1-33-46(61(68)69)25-24-44(49(33)48(63)27-9-35-6-17-42(18-7-35)73-51(65)37-12-21-40(22-13-37)71-31-3-29-53(57,58)59)43-23-14-38(60(66)67)32-45(43)47(62)26-8-34-4-15-41(16-5-34)72-50(64)36-10-19-39(20-11-36)70-30-2-28-52(54,55)56/h4-27,32H,2-3,28-31H2,1H3. The number of benzene rings is 6. The Hall–Kier alpha value is -8.94. The lowest BCUT2D eigenvalue weighted by Gasteiger charge is -2.14. The maximum Gasteiger partial charge on any atom is 0.389 e. The van der Waals surface area contributed by atoms with Crippen LogP contribution in [-0.2, 0) is 0 Å². The summed E-state index contributed by atoms with van der Waals surface area (Å²) in [5, 5.41) is 23.9. The Bertz CT molecular complexity index is 3060. The van der Waals surface area contributed by atoms with Crippen LogP contribution in [0, 0.1) is 27.2 Å². The molecule has 0 unspecified atom stereocenters. The number of nitrogens with zero attached hydrogens (tertiary/aromatic N) is 2. The molecule has 14 nitrogen and oxygen atoms in total. The molecule has 73 heavy (non-hydrogen) atoms. The van der Waals surface area contributed by atoms with E-state index in [0.717, 1.165) is 30.4 Å². The average Bonchev–Trinajstić information content (AvgIpc) is 3.35. The lowest BCUT2D eigenvalue weighted by Crippen LogP contribution is -2.10. The number of carbonyl (C=O) groups excluding carboxylic acids is 4. The summed E-state index contributed by atoms with van der Waals surface area (Å²) in [6.45, 7) is 1.01. The zero-order valence-corrected chi connectivity index (χ0v) is 38.2. The second-order valence-electron chi connectivity index (χ2n) is 15.9. The van der Waals surface area contributed by atoms with Crippen molar-refractivity contribution in [2.24, 2.45) is 0 Å². The third-order valence-corrected chi connectivity index (χ3v) is 10.6. The fourth-order valence-electron chi connectivity index (χ4n) is 6.97. The van der Waals surface area contributed by atoms with E-state index in [4.69, 9.17) is 18.9 Å². The first kappa shape index (κ1) is 53.4. The van der Waals surface area contributed by atoms with Crippen LogP contribution in [-0.4, -0.2) is 58.9 Å². The lowest BCUT2D eigenvalue weighted by molar-refractivity contribution is -0.385. The number of ketones is 2. The van der Waals surface area contributed by atoms with Crippen LogP contribution in [0.5, 0.6) is 23.0 Å². The first-order chi connectivity index (χ1) is 34.6. The largest absolute Gasteiger partial charge is 0.494 e. The van der Waals surface area contributed by atoms with Crippen LogP contribution >= 0.6 is 0 Å². The van der Waals surface area contributed by atoms with Crippen molar-refractivity contribution in [1.82, 2.24) is 0 Å². The number of nitro groups is 2. The van der Waals surface area contributed by atoms with Crippen molar-refractivity contribution in [3.8, 4) is 34.1 Å². The highest BCUT2D eigenvalue weighted by Crippen LogP contribution is 2.36. The van der Waals surface area contributed by atoms with Gasteiger partial charge in [-0.2, -0.15) is 26.3 Å². The monoisotopic (exact) mass is 1010 g/mol. The zero-order chi connectivity index (χ0) is 52.9. The smallest absolute Gasteiger partial charge is 0.389 e. The molecule has 0 atom stereocenters. The molecule has 0 spiro atoms. The number of nitro benzene ring substituents is 2. The predicted octanol–water partition coefficient (Wildman–Crippen LogP) is 13.2. The van der Waals surface area contributed by atoms with Crippen molar-refractivity contribution in [3.05, 3.63) is 199 Å². The van der Waals surface area contributed by atoms with E-state index in [1.54, 1.807) is 0 Å². The molecule has 6 aromatic rings. The van der Waals surface area contributed by atoms with E-state index in [9.17, 15) is 65.7 Å². The maximum atomic E-state index is 14.0. The van der Waals surface area contributed by atoms with Crippen LogP contribution in [0.25, 0.3) is 23.3 Å². The number of rotatable bonds is 21. The highest BCUT2D eigenvalue weighted by atomic mass is 19.4. The highest BCUT2D eigenvalue weighted by Gasteiger charge is 2.28. The van der Waals surface area contributed by atoms with Gasteiger partial charge in [0.2, 0.25) is 0 Å². The summed E-state index contributed by atoms with van der Waals surface area (Å²) in [4.78, 5) is 76.0. The number of carbonyl (C=O) groups is 4. The molecule has 0 fully saturated rings. The molecular formula is C53H40F6N2O12. The molecule has 6 rings (SSSR count). The van der Waals surface area contributed by atoms with Gasteiger partial charge in [-0.05, 0) is 139 Å². The number of hydrogen-bond donors (Lipinski definition) is 0. The van der Waals surface area contributed by atoms with Gasteiger partial charge in [0.15, 0.2) is 11.6 Å². The van der Waals surface area contributed by atoms with Crippen molar-refractivity contribution >= 4 is 47.0 Å². The quantitative estimate of drug-likeness (QED) is 0.00970. The number of alkyl halides is 6. The molecule has 376 valence electrons. The Morgan fingerprint density at radius 2 is 0.959 bits per heavy atom. The van der Waals surface area contributed by atoms with Gasteiger partial charge < -0.3 is 18.9 Å². The van der Waals surface area contributed by atoms with E-state index in [1.165, 1.54) is 128 Å². The van der Waals surface area contributed by atoms with Crippen molar-refractivity contribution in [1.29, 1.82) is 0 Å². The molecule has 6 aromatic carbocycles. The van der Waals surface area contributed by atoms with Gasteiger partial charge in [-0.15, -0.1) is 0 Å². The van der Waals surface area contributed by atoms with Crippen LogP contribution in [0.1, 0.15) is 83.8 Å². The molecule has 0 N–H and O–H groups in total. The van der Waals surface area contributed by atoms with Gasteiger partial charge in [0.25, 0.3) is 11.4 Å². The van der Waals surface area contributed by atoms with Crippen molar-refractivity contribution in [2.75, 3.05) is 13.2 Å². The van der Waals surface area contributed by atoms with Crippen molar-refractivity contribution in [3.63, 3.8) is 0 Å². The van der Waals surface area contributed by atoms with Gasteiger partial charge in [0, 0.05) is 47.7 Å². The molecule has 0 aliphatic carbocycles. The number of halogens is 6. The number of ether oxygens (including phenoxy) is 4.